The van der Waals surface area contributed by atoms with Crippen LogP contribution in [0, 0.1) is 0 Å². The molecule has 0 bridgehead atoms. The minimum Gasteiger partial charge on any atom is -0.407 e. The Bertz CT molecular complexity index is 746. The number of carbonyl (C=O) groups is 1. The molecule has 3 rings (SSSR count). The van der Waals surface area contributed by atoms with Crippen molar-refractivity contribution in [3.05, 3.63) is 17.5 Å². The van der Waals surface area contributed by atoms with Crippen LogP contribution in [0.1, 0.15) is 19.3 Å². The van der Waals surface area contributed by atoms with E-state index in [1.165, 1.54) is 11.3 Å². The molecule has 0 N–H and O–H groups in total. The molecule has 1 aliphatic heterocycles. The van der Waals surface area contributed by atoms with Crippen LogP contribution in [0.25, 0.3) is 10.8 Å². The predicted octanol–water partition coefficient (Wildman–Crippen LogP) is 1.58. The normalized spacial score (nSPS) is 15.9. The average molecular weight is 341 g/mol. The lowest BCUT2D eigenvalue weighted by Gasteiger charge is -2.26. The van der Waals surface area contributed by atoms with Gasteiger partial charge in [0.05, 0.1) is 4.88 Å². The lowest BCUT2D eigenvalue weighted by Crippen LogP contribution is -2.39. The van der Waals surface area contributed by atoms with Crippen molar-refractivity contribution in [2.24, 2.45) is 0 Å². The fourth-order valence-electron chi connectivity index (χ4n) is 2.29. The smallest absolute Gasteiger partial charge is 0.336 e. The predicted molar refractivity (Wildman–Crippen MR) is 80.1 cm³/mol. The number of thiophene rings is 1. The summed E-state index contributed by atoms with van der Waals surface area (Å²) in [6.45, 7) is 1.22. The molecule has 0 aliphatic carbocycles. The van der Waals surface area contributed by atoms with Crippen molar-refractivity contribution in [1.82, 2.24) is 15.1 Å². The van der Waals surface area contributed by atoms with Gasteiger partial charge in [0.25, 0.3) is 5.89 Å². The van der Waals surface area contributed by atoms with Crippen LogP contribution >= 0.6 is 11.3 Å². The van der Waals surface area contributed by atoms with E-state index < -0.39 is 26.7 Å². The number of amides is 1. The Morgan fingerprint density at radius 1 is 1.27 bits per heavy atom. The summed E-state index contributed by atoms with van der Waals surface area (Å²) in [4.78, 5) is 14.4. The highest BCUT2D eigenvalue weighted by Gasteiger charge is 2.29. The van der Waals surface area contributed by atoms with Gasteiger partial charge in [-0.2, -0.15) is 0 Å². The van der Waals surface area contributed by atoms with Gasteiger partial charge in [0.15, 0.2) is 0 Å². The van der Waals surface area contributed by atoms with E-state index in [2.05, 4.69) is 10.2 Å². The molecule has 118 valence electrons. The lowest BCUT2D eigenvalue weighted by atomic mass is 10.1. The largest absolute Gasteiger partial charge is 0.407 e. The Balaban J connectivity index is 1.74. The number of likely N-dealkylation sites (tertiary alicyclic amines) is 1. The first-order valence-electron chi connectivity index (χ1n) is 6.94. The van der Waals surface area contributed by atoms with Crippen molar-refractivity contribution in [3.8, 4) is 10.8 Å². The fraction of sp³-hybridized carbons (Fsp3) is 0.462. The van der Waals surface area contributed by atoms with Crippen LogP contribution < -0.4 is 0 Å². The number of aromatic nitrogens is 2. The summed E-state index contributed by atoms with van der Waals surface area (Å²) >= 11 is 1.37. The zero-order chi connectivity index (χ0) is 15.6. The monoisotopic (exact) mass is 341 g/mol. The third kappa shape index (κ3) is 3.20. The molecular formula is C13H15N3O4S2. The summed E-state index contributed by atoms with van der Waals surface area (Å²) < 4.78 is 29.7. The maximum Gasteiger partial charge on any atom is 0.336 e. The number of hydrogen-bond donors (Lipinski definition) is 0. The number of rotatable bonds is 4. The molecule has 0 unspecified atom stereocenters. The van der Waals surface area contributed by atoms with Crippen molar-refractivity contribution in [2.75, 3.05) is 18.8 Å². The van der Waals surface area contributed by atoms with Crippen LogP contribution in [0.5, 0.6) is 0 Å². The van der Waals surface area contributed by atoms with Crippen LogP contribution in [-0.4, -0.2) is 48.3 Å². The molecule has 9 heteroatoms. The molecule has 1 fully saturated rings. The summed E-state index contributed by atoms with van der Waals surface area (Å²) in [5, 5.41) is 8.64. The Morgan fingerprint density at radius 3 is 2.73 bits per heavy atom. The molecule has 2 aromatic heterocycles. The number of nitrogens with zero attached hydrogens (tertiary/aromatic N) is 3. The van der Waals surface area contributed by atoms with E-state index in [9.17, 15) is 13.2 Å². The Kier molecular flexibility index (Phi) is 4.25. The Labute approximate surface area is 131 Å². The first-order chi connectivity index (χ1) is 10.6. The van der Waals surface area contributed by atoms with Crippen LogP contribution in [0.3, 0.4) is 0 Å². The second kappa shape index (κ2) is 6.17. The van der Waals surface area contributed by atoms with Crippen molar-refractivity contribution in [3.63, 3.8) is 0 Å². The van der Waals surface area contributed by atoms with Gasteiger partial charge < -0.3 is 9.32 Å². The first kappa shape index (κ1) is 15.2. The molecule has 0 aromatic carbocycles. The minimum atomic E-state index is -3.91. The number of carbonyl (C=O) groups excluding carboxylic acids is 1. The molecule has 1 saturated heterocycles. The summed E-state index contributed by atoms with van der Waals surface area (Å²) in [7, 11) is -3.91. The number of piperidine rings is 1. The standard InChI is InChI=1S/C13H15N3O4S2/c17-11(16-6-2-1-3-7-16)9-22(18,19)13-15-14-12(20-13)10-5-4-8-21-10/h4-5,8H,1-3,6-7,9H2. The van der Waals surface area contributed by atoms with E-state index in [0.717, 1.165) is 19.3 Å². The molecule has 1 aliphatic rings. The average Bonchev–Trinajstić information content (AvgIpc) is 3.19. The summed E-state index contributed by atoms with van der Waals surface area (Å²) in [5.41, 5.74) is 0. The maximum atomic E-state index is 12.2. The molecule has 0 spiro atoms. The number of sulfone groups is 1. The summed E-state index contributed by atoms with van der Waals surface area (Å²) in [6, 6.07) is 3.56. The lowest BCUT2D eigenvalue weighted by molar-refractivity contribution is -0.129. The first-order valence-corrected chi connectivity index (χ1v) is 9.47. The van der Waals surface area contributed by atoms with Crippen molar-refractivity contribution in [2.45, 2.75) is 24.5 Å². The van der Waals surface area contributed by atoms with Gasteiger partial charge in [0.2, 0.25) is 15.7 Å². The van der Waals surface area contributed by atoms with Crippen LogP contribution in [0.4, 0.5) is 0 Å². The highest BCUT2D eigenvalue weighted by Crippen LogP contribution is 2.24. The second-order valence-electron chi connectivity index (χ2n) is 5.05. The van der Waals surface area contributed by atoms with E-state index in [1.54, 1.807) is 17.0 Å². The highest BCUT2D eigenvalue weighted by atomic mass is 32.2. The molecule has 1 amide bonds. The Morgan fingerprint density at radius 2 is 2.05 bits per heavy atom. The minimum absolute atomic E-state index is 0.152. The van der Waals surface area contributed by atoms with Gasteiger partial charge in [-0.15, -0.1) is 16.4 Å². The van der Waals surface area contributed by atoms with Crippen LogP contribution in [0.2, 0.25) is 0 Å². The maximum absolute atomic E-state index is 12.2. The van der Waals surface area contributed by atoms with Crippen molar-refractivity contribution >= 4 is 27.1 Å². The van der Waals surface area contributed by atoms with Gasteiger partial charge >= 0.3 is 5.22 Å². The van der Waals surface area contributed by atoms with Gasteiger partial charge in [-0.1, -0.05) is 11.2 Å². The zero-order valence-electron chi connectivity index (χ0n) is 11.8. The van der Waals surface area contributed by atoms with Gasteiger partial charge in [-0.05, 0) is 30.7 Å². The van der Waals surface area contributed by atoms with E-state index in [1.807, 2.05) is 5.38 Å². The third-order valence-electron chi connectivity index (χ3n) is 3.43. The Hall–Kier alpha value is -1.74. The van der Waals surface area contributed by atoms with Crippen LogP contribution in [-0.2, 0) is 14.6 Å². The van der Waals surface area contributed by atoms with Gasteiger partial charge in [0, 0.05) is 13.1 Å². The SMILES string of the molecule is O=C(CS(=O)(=O)c1nnc(-c2cccs2)o1)N1CCCCC1. The molecular weight excluding hydrogens is 326 g/mol. The summed E-state index contributed by atoms with van der Waals surface area (Å²) in [6.07, 6.45) is 2.90. The van der Waals surface area contributed by atoms with E-state index in [-0.39, 0.29) is 5.89 Å². The quantitative estimate of drug-likeness (QED) is 0.838. The van der Waals surface area contributed by atoms with Gasteiger partial charge in [0.1, 0.15) is 5.75 Å². The fourth-order valence-corrected chi connectivity index (χ4v) is 3.94. The molecule has 2 aromatic rings. The van der Waals surface area contributed by atoms with E-state index in [4.69, 9.17) is 4.42 Å². The van der Waals surface area contributed by atoms with Gasteiger partial charge in [-0.3, -0.25) is 4.79 Å². The van der Waals surface area contributed by atoms with E-state index in [0.29, 0.717) is 18.0 Å². The van der Waals surface area contributed by atoms with Crippen molar-refractivity contribution < 1.29 is 17.6 Å². The molecule has 0 atom stereocenters. The molecule has 3 heterocycles. The molecule has 0 radical (unpaired) electrons. The molecule has 7 nitrogen and oxygen atoms in total. The highest BCUT2D eigenvalue weighted by molar-refractivity contribution is 7.91. The van der Waals surface area contributed by atoms with Crippen LogP contribution in [0.15, 0.2) is 27.2 Å². The second-order valence-corrected chi connectivity index (χ2v) is 7.87. The van der Waals surface area contributed by atoms with E-state index >= 15 is 0 Å². The number of hydrogen-bond acceptors (Lipinski definition) is 7. The molecule has 0 saturated carbocycles. The summed E-state index contributed by atoms with van der Waals surface area (Å²) in [5.74, 6) is -0.881. The topological polar surface area (TPSA) is 93.4 Å². The van der Waals surface area contributed by atoms with Crippen molar-refractivity contribution in [1.29, 1.82) is 0 Å². The molecule has 22 heavy (non-hydrogen) atoms. The zero-order valence-corrected chi connectivity index (χ0v) is 13.4. The van der Waals surface area contributed by atoms with Gasteiger partial charge in [-0.25, -0.2) is 8.42 Å². The third-order valence-corrected chi connectivity index (χ3v) is 5.61.